The average Bonchev–Trinajstić information content (AvgIpc) is 3.24. The van der Waals surface area contributed by atoms with Crippen molar-refractivity contribution in [3.8, 4) is 0 Å². The van der Waals surface area contributed by atoms with E-state index < -0.39 is 29.9 Å². The first-order chi connectivity index (χ1) is 16.2. The van der Waals surface area contributed by atoms with Gasteiger partial charge in [-0.25, -0.2) is 0 Å². The van der Waals surface area contributed by atoms with Gasteiger partial charge in [-0.1, -0.05) is 39.0 Å². The summed E-state index contributed by atoms with van der Waals surface area (Å²) in [6, 6.07) is 7.49. The number of fused-ring (bicyclic) bond motifs is 1. The molecule has 186 valence electrons. The van der Waals surface area contributed by atoms with E-state index in [-0.39, 0.29) is 31.3 Å². The number of aromatic amines is 1. The Balaban J connectivity index is 2.13. The molecule has 1 heterocycles. The molecule has 9 heteroatoms. The first kappa shape index (κ1) is 26.9. The lowest BCUT2D eigenvalue weighted by atomic mass is 10.0. The average molecular weight is 473 g/mol. The van der Waals surface area contributed by atoms with Crippen molar-refractivity contribution < 1.29 is 23.9 Å². The Morgan fingerprint density at radius 2 is 1.74 bits per heavy atom. The summed E-state index contributed by atoms with van der Waals surface area (Å²) in [6.45, 7) is 8.22. The lowest BCUT2D eigenvalue weighted by Gasteiger charge is -2.24. The number of carbonyl (C=O) groups excluding carboxylic acids is 4. The normalized spacial score (nSPS) is 12.7. The molecule has 34 heavy (non-hydrogen) atoms. The first-order valence-corrected chi connectivity index (χ1v) is 11.9. The topological polar surface area (TPSA) is 129 Å². The van der Waals surface area contributed by atoms with Crippen LogP contribution in [0.3, 0.4) is 0 Å². The molecule has 1 aromatic carbocycles. The van der Waals surface area contributed by atoms with Crippen molar-refractivity contribution in [2.24, 2.45) is 5.92 Å². The van der Waals surface area contributed by atoms with Crippen molar-refractivity contribution in [1.82, 2.24) is 20.9 Å². The van der Waals surface area contributed by atoms with Crippen LogP contribution in [0.25, 0.3) is 10.9 Å². The minimum absolute atomic E-state index is 0.00535. The fraction of sp³-hybridized carbons (Fsp3) is 0.520. The van der Waals surface area contributed by atoms with Crippen LogP contribution in [0.4, 0.5) is 0 Å². The molecule has 0 aliphatic rings. The van der Waals surface area contributed by atoms with Gasteiger partial charge in [-0.15, -0.1) is 0 Å². The van der Waals surface area contributed by atoms with Gasteiger partial charge in [0.2, 0.25) is 11.8 Å². The van der Waals surface area contributed by atoms with Crippen LogP contribution in [0.15, 0.2) is 30.3 Å². The Bertz CT molecular complexity index is 952. The summed E-state index contributed by atoms with van der Waals surface area (Å²) in [5, 5.41) is 9.17. The third-order valence-electron chi connectivity index (χ3n) is 5.23. The van der Waals surface area contributed by atoms with Gasteiger partial charge in [0.15, 0.2) is 0 Å². The highest BCUT2D eigenvalue weighted by molar-refractivity contribution is 6.00. The van der Waals surface area contributed by atoms with Crippen molar-refractivity contribution in [2.75, 3.05) is 13.2 Å². The molecule has 4 N–H and O–H groups in total. The quantitative estimate of drug-likeness (QED) is 0.333. The molecule has 2 rings (SSSR count). The second-order valence-corrected chi connectivity index (χ2v) is 8.62. The summed E-state index contributed by atoms with van der Waals surface area (Å²) in [6.07, 6.45) is 1.22. The van der Waals surface area contributed by atoms with Crippen molar-refractivity contribution >= 4 is 34.6 Å². The Morgan fingerprint density at radius 3 is 2.38 bits per heavy atom. The molecule has 3 amide bonds. The fourth-order valence-corrected chi connectivity index (χ4v) is 3.54. The second-order valence-electron chi connectivity index (χ2n) is 8.62. The van der Waals surface area contributed by atoms with E-state index in [0.29, 0.717) is 18.7 Å². The van der Waals surface area contributed by atoms with E-state index in [1.807, 2.05) is 45.0 Å². The van der Waals surface area contributed by atoms with Gasteiger partial charge in [0.1, 0.15) is 17.8 Å². The number of benzene rings is 1. The standard InChI is InChI=1S/C25H36N4O5/c1-5-13-26-23(31)19(11-12-22(30)34-6-2)28-24(32)20(14-16(3)4)29-25(33)21-15-17-9-7-8-10-18(17)27-21/h7-10,15-16,19-20,27H,5-6,11-14H2,1-4H3,(H,26,31)(H,28,32)(H,29,33)/t19?,20-/m0/s1. The Hall–Kier alpha value is -3.36. The number of esters is 1. The third-order valence-corrected chi connectivity index (χ3v) is 5.23. The van der Waals surface area contributed by atoms with Crippen LogP contribution in [0, 0.1) is 5.92 Å². The zero-order valence-corrected chi connectivity index (χ0v) is 20.4. The molecule has 0 saturated heterocycles. The van der Waals surface area contributed by atoms with Gasteiger partial charge in [0.25, 0.3) is 5.91 Å². The van der Waals surface area contributed by atoms with E-state index >= 15 is 0 Å². The van der Waals surface area contributed by atoms with E-state index in [1.165, 1.54) is 0 Å². The van der Waals surface area contributed by atoms with Gasteiger partial charge >= 0.3 is 5.97 Å². The van der Waals surface area contributed by atoms with Gasteiger partial charge in [-0.2, -0.15) is 0 Å². The van der Waals surface area contributed by atoms with Crippen LogP contribution in [0.1, 0.15) is 63.9 Å². The van der Waals surface area contributed by atoms with Crippen molar-refractivity contribution in [3.05, 3.63) is 36.0 Å². The molecule has 0 bridgehead atoms. The number of ether oxygens (including phenoxy) is 1. The third kappa shape index (κ3) is 8.20. The van der Waals surface area contributed by atoms with Gasteiger partial charge in [-0.05, 0) is 44.2 Å². The van der Waals surface area contributed by atoms with Crippen LogP contribution in [0.5, 0.6) is 0 Å². The zero-order valence-electron chi connectivity index (χ0n) is 20.4. The molecule has 0 aliphatic heterocycles. The van der Waals surface area contributed by atoms with Gasteiger partial charge in [-0.3, -0.25) is 19.2 Å². The zero-order chi connectivity index (χ0) is 25.1. The smallest absolute Gasteiger partial charge is 0.305 e. The minimum atomic E-state index is -0.914. The highest BCUT2D eigenvalue weighted by atomic mass is 16.5. The highest BCUT2D eigenvalue weighted by Gasteiger charge is 2.28. The summed E-state index contributed by atoms with van der Waals surface area (Å²) >= 11 is 0. The number of hydrogen-bond acceptors (Lipinski definition) is 5. The van der Waals surface area contributed by atoms with E-state index in [1.54, 1.807) is 13.0 Å². The molecule has 1 unspecified atom stereocenters. The summed E-state index contributed by atoms with van der Waals surface area (Å²) in [5.41, 5.74) is 1.17. The van der Waals surface area contributed by atoms with E-state index in [9.17, 15) is 19.2 Å². The number of H-pyrrole nitrogens is 1. The summed E-state index contributed by atoms with van der Waals surface area (Å²) in [7, 11) is 0. The Morgan fingerprint density at radius 1 is 1.00 bits per heavy atom. The molecule has 1 aromatic heterocycles. The van der Waals surface area contributed by atoms with Crippen molar-refractivity contribution in [3.63, 3.8) is 0 Å². The van der Waals surface area contributed by atoms with Gasteiger partial charge in [0, 0.05) is 23.9 Å². The maximum atomic E-state index is 13.1. The number of para-hydroxylation sites is 1. The molecule has 9 nitrogen and oxygen atoms in total. The van der Waals surface area contributed by atoms with Crippen LogP contribution in [0.2, 0.25) is 0 Å². The van der Waals surface area contributed by atoms with Gasteiger partial charge < -0.3 is 25.7 Å². The molecular formula is C25H36N4O5. The number of aromatic nitrogens is 1. The lowest BCUT2D eigenvalue weighted by molar-refractivity contribution is -0.143. The maximum absolute atomic E-state index is 13.1. The molecule has 2 atom stereocenters. The van der Waals surface area contributed by atoms with E-state index in [4.69, 9.17) is 4.74 Å². The van der Waals surface area contributed by atoms with E-state index in [0.717, 1.165) is 17.3 Å². The predicted octanol–water partition coefficient (Wildman–Crippen LogP) is 2.67. The molecule has 2 aromatic rings. The molecule has 0 saturated carbocycles. The predicted molar refractivity (Wildman–Crippen MR) is 130 cm³/mol. The Labute approximate surface area is 200 Å². The van der Waals surface area contributed by atoms with Crippen LogP contribution in [-0.4, -0.2) is 53.9 Å². The Kier molecular flexibility index (Phi) is 10.6. The number of rotatable bonds is 13. The molecule has 0 fully saturated rings. The van der Waals surface area contributed by atoms with Crippen LogP contribution in [-0.2, 0) is 19.1 Å². The SMILES string of the molecule is CCCNC(=O)C(CCC(=O)OCC)NC(=O)[C@H](CC(C)C)NC(=O)c1cc2ccccc2[nH]1. The van der Waals surface area contributed by atoms with E-state index in [2.05, 4.69) is 20.9 Å². The molecular weight excluding hydrogens is 436 g/mol. The van der Waals surface area contributed by atoms with Gasteiger partial charge in [0.05, 0.1) is 6.61 Å². The second kappa shape index (κ2) is 13.4. The fourth-order valence-electron chi connectivity index (χ4n) is 3.54. The molecule has 0 aliphatic carbocycles. The van der Waals surface area contributed by atoms with Crippen molar-refractivity contribution in [1.29, 1.82) is 0 Å². The maximum Gasteiger partial charge on any atom is 0.305 e. The lowest BCUT2D eigenvalue weighted by Crippen LogP contribution is -2.54. The largest absolute Gasteiger partial charge is 0.466 e. The summed E-state index contributed by atoms with van der Waals surface area (Å²) in [4.78, 5) is 53.5. The number of carbonyl (C=O) groups is 4. The number of hydrogen-bond donors (Lipinski definition) is 4. The minimum Gasteiger partial charge on any atom is -0.466 e. The van der Waals surface area contributed by atoms with Crippen molar-refractivity contribution in [2.45, 2.75) is 65.5 Å². The van der Waals surface area contributed by atoms with Crippen LogP contribution < -0.4 is 16.0 Å². The highest BCUT2D eigenvalue weighted by Crippen LogP contribution is 2.15. The monoisotopic (exact) mass is 472 g/mol. The van der Waals surface area contributed by atoms with Crippen LogP contribution >= 0.6 is 0 Å². The number of nitrogens with one attached hydrogen (secondary N) is 4. The molecule has 0 spiro atoms. The number of amides is 3. The first-order valence-electron chi connectivity index (χ1n) is 11.9. The summed E-state index contributed by atoms with van der Waals surface area (Å²) < 4.78 is 4.94. The summed E-state index contributed by atoms with van der Waals surface area (Å²) in [5.74, 6) is -1.57. The molecule has 0 radical (unpaired) electrons.